The number of benzene rings is 1. The van der Waals surface area contributed by atoms with Crippen LogP contribution < -0.4 is 0 Å². The fourth-order valence-corrected chi connectivity index (χ4v) is 1.30. The van der Waals surface area contributed by atoms with Crippen molar-refractivity contribution in [1.29, 1.82) is 0 Å². The van der Waals surface area contributed by atoms with Crippen LogP contribution in [0.2, 0.25) is 0 Å². The average molecular weight is 254 g/mol. The summed E-state index contributed by atoms with van der Waals surface area (Å²) in [6.07, 6.45) is -0.373. The quantitative estimate of drug-likeness (QED) is 0.691. The zero-order valence-electron chi connectivity index (χ0n) is 11.0. The molecule has 1 unspecified atom stereocenters. The summed E-state index contributed by atoms with van der Waals surface area (Å²) in [5.74, 6) is 0. The second-order valence-corrected chi connectivity index (χ2v) is 4.80. The normalized spacial score (nSPS) is 13.6. The van der Waals surface area contributed by atoms with E-state index in [4.69, 9.17) is 19.7 Å². The van der Waals surface area contributed by atoms with Crippen molar-refractivity contribution in [3.8, 4) is 0 Å². The number of hydrogen-bond donors (Lipinski definition) is 2. The van der Waals surface area contributed by atoms with Crippen molar-refractivity contribution in [3.05, 3.63) is 35.9 Å². The van der Waals surface area contributed by atoms with Gasteiger partial charge in [-0.1, -0.05) is 37.3 Å². The molecule has 0 aliphatic rings. The van der Waals surface area contributed by atoms with Gasteiger partial charge in [-0.15, -0.1) is 0 Å². The number of ether oxygens (including phenoxy) is 2. The van der Waals surface area contributed by atoms with Crippen LogP contribution in [-0.4, -0.2) is 36.3 Å². The number of aliphatic hydroxyl groups excluding tert-OH is 2. The van der Waals surface area contributed by atoms with E-state index in [0.717, 1.165) is 5.56 Å². The molecule has 0 aromatic heterocycles. The van der Waals surface area contributed by atoms with Crippen molar-refractivity contribution in [1.82, 2.24) is 0 Å². The lowest BCUT2D eigenvalue weighted by Crippen LogP contribution is -2.33. The van der Waals surface area contributed by atoms with Crippen LogP contribution in [-0.2, 0) is 16.1 Å². The minimum absolute atomic E-state index is 0.116. The molecule has 0 heterocycles. The van der Waals surface area contributed by atoms with Crippen molar-refractivity contribution in [3.63, 3.8) is 0 Å². The third-order valence-corrected chi connectivity index (χ3v) is 2.76. The first-order chi connectivity index (χ1) is 8.59. The summed E-state index contributed by atoms with van der Waals surface area (Å²) < 4.78 is 11.0. The van der Waals surface area contributed by atoms with Crippen molar-refractivity contribution in [2.24, 2.45) is 5.41 Å². The lowest BCUT2D eigenvalue weighted by atomic mass is 9.95. The summed E-state index contributed by atoms with van der Waals surface area (Å²) in [6, 6.07) is 9.84. The van der Waals surface area contributed by atoms with Gasteiger partial charge in [-0.05, 0) is 12.5 Å². The van der Waals surface area contributed by atoms with Crippen LogP contribution >= 0.6 is 0 Å². The minimum atomic E-state index is -0.621. The molecule has 2 N–H and O–H groups in total. The minimum Gasteiger partial charge on any atom is -0.396 e. The Morgan fingerprint density at radius 1 is 1.11 bits per heavy atom. The van der Waals surface area contributed by atoms with Gasteiger partial charge in [0.2, 0.25) is 0 Å². The van der Waals surface area contributed by atoms with E-state index in [1.165, 1.54) is 0 Å². The van der Waals surface area contributed by atoms with Crippen LogP contribution in [0.4, 0.5) is 0 Å². The molecule has 4 heteroatoms. The van der Waals surface area contributed by atoms with E-state index < -0.39 is 5.41 Å². The Balaban J connectivity index is 2.28. The van der Waals surface area contributed by atoms with E-state index in [-0.39, 0.29) is 26.1 Å². The van der Waals surface area contributed by atoms with Gasteiger partial charge in [0, 0.05) is 5.41 Å². The summed E-state index contributed by atoms with van der Waals surface area (Å²) in [6.45, 7) is 4.08. The molecule has 0 saturated carbocycles. The molecule has 0 aliphatic heterocycles. The fourth-order valence-electron chi connectivity index (χ4n) is 1.30. The van der Waals surface area contributed by atoms with Gasteiger partial charge in [0.1, 0.15) is 0 Å². The molecule has 1 aromatic carbocycles. The average Bonchev–Trinajstić information content (AvgIpc) is 2.43. The Hall–Kier alpha value is -0.940. The molecular weight excluding hydrogens is 232 g/mol. The number of rotatable bonds is 8. The summed E-state index contributed by atoms with van der Waals surface area (Å²) in [5, 5.41) is 18.3. The number of hydrogen-bond acceptors (Lipinski definition) is 4. The lowest BCUT2D eigenvalue weighted by Gasteiger charge is -2.26. The fraction of sp³-hybridized carbons (Fsp3) is 0.571. The third-order valence-electron chi connectivity index (χ3n) is 2.76. The maximum Gasteiger partial charge on any atom is 0.155 e. The summed E-state index contributed by atoms with van der Waals surface area (Å²) in [4.78, 5) is 0. The van der Waals surface area contributed by atoms with Crippen LogP contribution in [0.15, 0.2) is 30.3 Å². The predicted molar refractivity (Wildman–Crippen MR) is 68.9 cm³/mol. The molecule has 0 aliphatic carbocycles. The van der Waals surface area contributed by atoms with Gasteiger partial charge in [0.05, 0.1) is 26.4 Å². The van der Waals surface area contributed by atoms with Crippen LogP contribution in [0.3, 0.4) is 0 Å². The second-order valence-electron chi connectivity index (χ2n) is 4.80. The lowest BCUT2D eigenvalue weighted by molar-refractivity contribution is -0.163. The van der Waals surface area contributed by atoms with E-state index in [0.29, 0.717) is 6.61 Å². The first-order valence-electron chi connectivity index (χ1n) is 6.08. The molecule has 0 fully saturated rings. The SMILES string of the molecule is CC(OCc1ccccc1)OCC(C)(CO)CO. The van der Waals surface area contributed by atoms with Gasteiger partial charge in [-0.2, -0.15) is 0 Å². The van der Waals surface area contributed by atoms with Crippen LogP contribution in [0.1, 0.15) is 19.4 Å². The molecule has 4 nitrogen and oxygen atoms in total. The van der Waals surface area contributed by atoms with E-state index in [1.54, 1.807) is 13.8 Å². The summed E-state index contributed by atoms with van der Waals surface area (Å²) in [7, 11) is 0. The van der Waals surface area contributed by atoms with Gasteiger partial charge in [-0.3, -0.25) is 0 Å². The number of aliphatic hydroxyl groups is 2. The highest BCUT2D eigenvalue weighted by molar-refractivity contribution is 5.13. The molecule has 1 atom stereocenters. The molecule has 0 radical (unpaired) electrons. The van der Waals surface area contributed by atoms with Gasteiger partial charge in [0.25, 0.3) is 0 Å². The van der Waals surface area contributed by atoms with Gasteiger partial charge < -0.3 is 19.7 Å². The first kappa shape index (κ1) is 15.1. The molecule has 102 valence electrons. The van der Waals surface area contributed by atoms with Crippen molar-refractivity contribution in [2.75, 3.05) is 19.8 Å². The van der Waals surface area contributed by atoms with E-state index in [9.17, 15) is 0 Å². The Bertz CT molecular complexity index is 322. The summed E-state index contributed by atoms with van der Waals surface area (Å²) >= 11 is 0. The van der Waals surface area contributed by atoms with Crippen molar-refractivity contribution >= 4 is 0 Å². The first-order valence-corrected chi connectivity index (χ1v) is 6.08. The predicted octanol–water partition coefficient (Wildman–Crippen LogP) is 1.56. The molecule has 0 spiro atoms. The van der Waals surface area contributed by atoms with Gasteiger partial charge in [0.15, 0.2) is 6.29 Å². The van der Waals surface area contributed by atoms with Crippen LogP contribution in [0, 0.1) is 5.41 Å². The second kappa shape index (κ2) is 7.48. The largest absolute Gasteiger partial charge is 0.396 e. The molecule has 0 amide bonds. The van der Waals surface area contributed by atoms with Gasteiger partial charge in [-0.25, -0.2) is 0 Å². The molecule has 0 bridgehead atoms. The zero-order chi connectivity index (χ0) is 13.4. The zero-order valence-corrected chi connectivity index (χ0v) is 11.0. The molecule has 1 rings (SSSR count). The van der Waals surface area contributed by atoms with Crippen LogP contribution in [0.5, 0.6) is 0 Å². The van der Waals surface area contributed by atoms with E-state index in [2.05, 4.69) is 0 Å². The Kier molecular flexibility index (Phi) is 6.29. The Morgan fingerprint density at radius 2 is 1.72 bits per heavy atom. The molecule has 1 aromatic rings. The van der Waals surface area contributed by atoms with Crippen LogP contribution in [0.25, 0.3) is 0 Å². The van der Waals surface area contributed by atoms with Gasteiger partial charge >= 0.3 is 0 Å². The van der Waals surface area contributed by atoms with E-state index in [1.807, 2.05) is 30.3 Å². The van der Waals surface area contributed by atoms with E-state index >= 15 is 0 Å². The van der Waals surface area contributed by atoms with Crippen molar-refractivity contribution in [2.45, 2.75) is 26.7 Å². The molecule has 0 saturated heterocycles. The van der Waals surface area contributed by atoms with Crippen molar-refractivity contribution < 1.29 is 19.7 Å². The highest BCUT2D eigenvalue weighted by Gasteiger charge is 2.23. The monoisotopic (exact) mass is 254 g/mol. The maximum absolute atomic E-state index is 9.13. The highest BCUT2D eigenvalue weighted by Crippen LogP contribution is 2.16. The Morgan fingerprint density at radius 3 is 2.28 bits per heavy atom. The standard InChI is InChI=1S/C14H22O4/c1-12(18-11-14(2,9-15)10-16)17-8-13-6-4-3-5-7-13/h3-7,12,15-16H,8-11H2,1-2H3. The maximum atomic E-state index is 9.13. The molecular formula is C14H22O4. The third kappa shape index (κ3) is 5.14. The smallest absolute Gasteiger partial charge is 0.155 e. The topological polar surface area (TPSA) is 58.9 Å². The highest BCUT2D eigenvalue weighted by atomic mass is 16.7. The molecule has 18 heavy (non-hydrogen) atoms. The Labute approximate surface area is 108 Å². The summed E-state index contributed by atoms with van der Waals surface area (Å²) in [5.41, 5.74) is 0.463.